The largest absolute Gasteiger partial charge is 0.467 e. The molecule has 246 valence electrons. The fourth-order valence-corrected chi connectivity index (χ4v) is 5.48. The van der Waals surface area contributed by atoms with Crippen molar-refractivity contribution in [2.24, 2.45) is 5.73 Å². The number of methoxy groups -OCH3 is 1. The number of rotatable bonds is 10. The van der Waals surface area contributed by atoms with Crippen molar-refractivity contribution in [3.63, 3.8) is 0 Å². The summed E-state index contributed by atoms with van der Waals surface area (Å²) < 4.78 is 6.55. The van der Waals surface area contributed by atoms with Gasteiger partial charge in [-0.05, 0) is 43.9 Å². The highest BCUT2D eigenvalue weighted by molar-refractivity contribution is 5.98. The van der Waals surface area contributed by atoms with Crippen LogP contribution in [0, 0.1) is 0 Å². The first-order chi connectivity index (χ1) is 21.1. The van der Waals surface area contributed by atoms with E-state index in [2.05, 4.69) is 20.6 Å². The van der Waals surface area contributed by atoms with Crippen LogP contribution in [0.2, 0.25) is 0 Å². The SMILES string of the molecule is COC(=O)[C@H]1CCCN1C(=O)C(c1ccccc1)n1cnc(NC(=O)[C@@H](Cc2c[nH]c3ccccc23)NC(=O)C(C)(C)N)c1.Cl.Cl. The number of imidazole rings is 1. The number of nitrogens with zero attached hydrogens (tertiary/aromatic N) is 3. The number of anilines is 1. The summed E-state index contributed by atoms with van der Waals surface area (Å²) in [6.07, 6.45) is 6.25. The molecule has 3 heterocycles. The molecule has 5 N–H and O–H groups in total. The van der Waals surface area contributed by atoms with Gasteiger partial charge in [0.1, 0.15) is 18.1 Å². The molecule has 1 unspecified atom stereocenters. The van der Waals surface area contributed by atoms with Crippen molar-refractivity contribution >= 4 is 65.2 Å². The minimum Gasteiger partial charge on any atom is -0.467 e. The summed E-state index contributed by atoms with van der Waals surface area (Å²) in [5, 5.41) is 6.51. The van der Waals surface area contributed by atoms with Gasteiger partial charge in [0.15, 0.2) is 5.82 Å². The molecule has 3 amide bonds. The van der Waals surface area contributed by atoms with E-state index in [4.69, 9.17) is 10.5 Å². The highest BCUT2D eigenvalue weighted by atomic mass is 35.5. The first-order valence-corrected chi connectivity index (χ1v) is 14.5. The van der Waals surface area contributed by atoms with Crippen LogP contribution in [0.15, 0.2) is 73.3 Å². The molecule has 0 spiro atoms. The van der Waals surface area contributed by atoms with E-state index in [0.29, 0.717) is 24.9 Å². The molecule has 0 bridgehead atoms. The van der Waals surface area contributed by atoms with Crippen LogP contribution in [0.1, 0.15) is 43.9 Å². The number of halogens is 2. The number of aromatic nitrogens is 3. The van der Waals surface area contributed by atoms with E-state index in [1.54, 1.807) is 29.5 Å². The molecular weight excluding hydrogens is 633 g/mol. The summed E-state index contributed by atoms with van der Waals surface area (Å²) in [6.45, 7) is 3.56. The van der Waals surface area contributed by atoms with Gasteiger partial charge in [0.05, 0.1) is 19.0 Å². The number of carbonyl (C=O) groups is 4. The Bertz CT molecular complexity index is 1670. The third kappa shape index (κ3) is 7.87. The average Bonchev–Trinajstić information content (AvgIpc) is 3.77. The predicted octanol–water partition coefficient (Wildman–Crippen LogP) is 3.36. The van der Waals surface area contributed by atoms with E-state index in [9.17, 15) is 19.2 Å². The highest BCUT2D eigenvalue weighted by Gasteiger charge is 2.39. The van der Waals surface area contributed by atoms with Crippen LogP contribution in [-0.4, -0.2) is 74.4 Å². The third-order valence-electron chi connectivity index (χ3n) is 7.82. The molecule has 0 radical (unpaired) electrons. The summed E-state index contributed by atoms with van der Waals surface area (Å²) in [4.78, 5) is 61.9. The second-order valence-corrected chi connectivity index (χ2v) is 11.5. The van der Waals surface area contributed by atoms with Crippen molar-refractivity contribution in [3.8, 4) is 0 Å². The molecule has 1 aliphatic heterocycles. The van der Waals surface area contributed by atoms with Crippen LogP contribution in [0.4, 0.5) is 5.82 Å². The number of carbonyl (C=O) groups excluding carboxylic acids is 4. The number of nitrogens with one attached hydrogen (secondary N) is 3. The van der Waals surface area contributed by atoms with Gasteiger partial charge in [-0.2, -0.15) is 0 Å². The van der Waals surface area contributed by atoms with Crippen molar-refractivity contribution in [2.45, 2.75) is 56.8 Å². The maximum Gasteiger partial charge on any atom is 0.328 e. The lowest BCUT2D eigenvalue weighted by Crippen LogP contribution is -2.55. The summed E-state index contributed by atoms with van der Waals surface area (Å²) in [6, 6.07) is 14.4. The molecule has 1 fully saturated rings. The summed E-state index contributed by atoms with van der Waals surface area (Å²) >= 11 is 0. The van der Waals surface area contributed by atoms with Crippen LogP contribution >= 0.6 is 24.8 Å². The second kappa shape index (κ2) is 15.3. The van der Waals surface area contributed by atoms with E-state index in [0.717, 1.165) is 16.5 Å². The molecule has 12 nitrogen and oxygen atoms in total. The van der Waals surface area contributed by atoms with Gasteiger partial charge in [0.2, 0.25) is 11.8 Å². The molecule has 1 saturated heterocycles. The number of ether oxygens (including phenoxy) is 1. The minimum absolute atomic E-state index is 0. The van der Waals surface area contributed by atoms with Crippen molar-refractivity contribution in [1.29, 1.82) is 0 Å². The van der Waals surface area contributed by atoms with Crippen molar-refractivity contribution in [2.75, 3.05) is 19.0 Å². The number of H-pyrrole nitrogens is 1. The van der Waals surface area contributed by atoms with Crippen LogP contribution in [-0.2, 0) is 30.3 Å². The maximum absolute atomic E-state index is 13.9. The number of esters is 1. The maximum atomic E-state index is 13.9. The quantitative estimate of drug-likeness (QED) is 0.188. The zero-order valence-corrected chi connectivity index (χ0v) is 27.4. The number of para-hydroxylation sites is 1. The van der Waals surface area contributed by atoms with Gasteiger partial charge < -0.3 is 35.6 Å². The van der Waals surface area contributed by atoms with Gasteiger partial charge in [-0.15, -0.1) is 24.8 Å². The van der Waals surface area contributed by atoms with Gasteiger partial charge >= 0.3 is 5.97 Å². The molecular formula is C32H39Cl2N7O5. The number of amides is 3. The topological polar surface area (TPSA) is 164 Å². The van der Waals surface area contributed by atoms with Gasteiger partial charge in [0.25, 0.3) is 5.91 Å². The number of hydrogen-bond acceptors (Lipinski definition) is 7. The van der Waals surface area contributed by atoms with E-state index < -0.39 is 41.4 Å². The second-order valence-electron chi connectivity index (χ2n) is 11.5. The molecule has 0 aliphatic carbocycles. The molecule has 4 aromatic rings. The Hall–Kier alpha value is -4.39. The van der Waals surface area contributed by atoms with Crippen molar-refractivity contribution in [1.82, 2.24) is 24.8 Å². The smallest absolute Gasteiger partial charge is 0.328 e. The third-order valence-corrected chi connectivity index (χ3v) is 7.82. The molecule has 5 rings (SSSR count). The molecule has 0 saturated carbocycles. The van der Waals surface area contributed by atoms with Gasteiger partial charge in [-0.3, -0.25) is 14.4 Å². The van der Waals surface area contributed by atoms with Crippen LogP contribution < -0.4 is 16.4 Å². The van der Waals surface area contributed by atoms with Crippen LogP contribution in [0.3, 0.4) is 0 Å². The molecule has 2 aromatic carbocycles. The standard InChI is InChI=1S/C32H37N7O5.2ClH/c1-32(2,33)31(43)36-24(16-21-17-34-23-13-8-7-12-22(21)23)28(40)37-26-18-38(19-35-26)27(20-10-5-4-6-11-20)29(41)39-15-9-14-25(39)30(42)44-3;;/h4-8,10-13,17-19,24-25,27,34H,9,14-16,33H2,1-3H3,(H,36,43)(H,37,40);2*1H/t24-,25-,27?;;/m1../s1. The lowest BCUT2D eigenvalue weighted by Gasteiger charge is -2.28. The number of nitrogens with two attached hydrogens (primary N) is 1. The first-order valence-electron chi connectivity index (χ1n) is 14.5. The van der Waals surface area contributed by atoms with E-state index in [1.807, 2.05) is 60.8 Å². The normalized spacial score (nSPS) is 15.7. The Morgan fingerprint density at radius 1 is 1.09 bits per heavy atom. The van der Waals surface area contributed by atoms with Crippen molar-refractivity contribution in [3.05, 3.63) is 84.4 Å². The van der Waals surface area contributed by atoms with Crippen LogP contribution in [0.5, 0.6) is 0 Å². The molecule has 46 heavy (non-hydrogen) atoms. The fourth-order valence-electron chi connectivity index (χ4n) is 5.48. The lowest BCUT2D eigenvalue weighted by atomic mass is 10.0. The predicted molar refractivity (Wildman–Crippen MR) is 179 cm³/mol. The average molecular weight is 673 g/mol. The summed E-state index contributed by atoms with van der Waals surface area (Å²) in [5.41, 5.74) is 7.27. The van der Waals surface area contributed by atoms with E-state index in [1.165, 1.54) is 13.4 Å². The first kappa shape index (κ1) is 36.1. The Morgan fingerprint density at radius 3 is 2.48 bits per heavy atom. The number of fused-ring (bicyclic) bond motifs is 1. The number of likely N-dealkylation sites (tertiary alicyclic amines) is 1. The Balaban J connectivity index is 0.00000288. The number of benzene rings is 2. The van der Waals surface area contributed by atoms with Crippen LogP contribution in [0.25, 0.3) is 10.9 Å². The number of hydrogen-bond donors (Lipinski definition) is 4. The Labute approximate surface area is 279 Å². The number of aromatic amines is 1. The molecule has 2 aromatic heterocycles. The summed E-state index contributed by atoms with van der Waals surface area (Å²) in [7, 11) is 1.31. The highest BCUT2D eigenvalue weighted by Crippen LogP contribution is 2.28. The van der Waals surface area contributed by atoms with E-state index >= 15 is 0 Å². The van der Waals surface area contributed by atoms with Gasteiger partial charge in [-0.25, -0.2) is 9.78 Å². The van der Waals surface area contributed by atoms with Gasteiger partial charge in [0, 0.05) is 36.3 Å². The zero-order valence-electron chi connectivity index (χ0n) is 25.8. The molecule has 14 heteroatoms. The summed E-state index contributed by atoms with van der Waals surface area (Å²) in [5.74, 6) is -1.52. The lowest BCUT2D eigenvalue weighted by molar-refractivity contribution is -0.151. The Morgan fingerprint density at radius 2 is 1.78 bits per heavy atom. The molecule has 1 aliphatic rings. The van der Waals surface area contributed by atoms with Gasteiger partial charge in [-0.1, -0.05) is 48.5 Å². The zero-order chi connectivity index (χ0) is 31.4. The monoisotopic (exact) mass is 671 g/mol. The van der Waals surface area contributed by atoms with E-state index in [-0.39, 0.29) is 43.0 Å². The Kier molecular flexibility index (Phi) is 12.0. The van der Waals surface area contributed by atoms with Crippen molar-refractivity contribution < 1.29 is 23.9 Å². The molecule has 3 atom stereocenters. The fraction of sp³-hybridized carbons (Fsp3) is 0.344. The minimum atomic E-state index is -1.21.